The molecule has 0 saturated carbocycles. The van der Waals surface area contributed by atoms with Gasteiger partial charge in [-0.25, -0.2) is 14.4 Å². The molecule has 2 saturated heterocycles. The first kappa shape index (κ1) is 22.7. The van der Waals surface area contributed by atoms with Crippen molar-refractivity contribution in [3.05, 3.63) is 60.2 Å². The quantitative estimate of drug-likeness (QED) is 0.579. The largest absolute Gasteiger partial charge is 0.454 e. The van der Waals surface area contributed by atoms with Crippen LogP contribution < -0.4 is 29.9 Å². The van der Waals surface area contributed by atoms with E-state index < -0.39 is 0 Å². The van der Waals surface area contributed by atoms with Crippen molar-refractivity contribution in [2.24, 2.45) is 0 Å². The zero-order chi connectivity index (χ0) is 24.5. The van der Waals surface area contributed by atoms with E-state index in [9.17, 15) is 4.39 Å². The highest BCUT2D eigenvalue weighted by Crippen LogP contribution is 2.34. The van der Waals surface area contributed by atoms with E-state index in [1.165, 1.54) is 17.7 Å². The first-order valence-electron chi connectivity index (χ1n) is 12.4. The standard InChI is InChI=1S/C26H30FN7O2/c27-20-2-4-21(5-3-20)32-11-13-34(14-12-32)26-24(28)25(29-17-30-26)33-9-7-31(8-10-33)16-19-1-6-22-23(15-19)36-18-35-22/h1-6,15,17H,7-14,16,18,28H2. The van der Waals surface area contributed by atoms with Crippen molar-refractivity contribution in [1.29, 1.82) is 0 Å². The Bertz CT molecular complexity index is 1210. The summed E-state index contributed by atoms with van der Waals surface area (Å²) < 4.78 is 24.2. The molecule has 10 heteroatoms. The highest BCUT2D eigenvalue weighted by molar-refractivity contribution is 5.76. The number of aromatic nitrogens is 2. The molecule has 0 amide bonds. The van der Waals surface area contributed by atoms with Gasteiger partial charge in [-0.3, -0.25) is 4.90 Å². The molecule has 0 spiro atoms. The number of nitrogens with two attached hydrogens (primary N) is 1. The van der Waals surface area contributed by atoms with Crippen LogP contribution in [0.15, 0.2) is 48.8 Å². The van der Waals surface area contributed by atoms with Gasteiger partial charge in [0.1, 0.15) is 17.8 Å². The second kappa shape index (κ2) is 9.69. The molecule has 9 nitrogen and oxygen atoms in total. The summed E-state index contributed by atoms with van der Waals surface area (Å²) in [5.41, 5.74) is 9.50. The van der Waals surface area contributed by atoms with Crippen molar-refractivity contribution in [2.45, 2.75) is 6.54 Å². The van der Waals surface area contributed by atoms with E-state index >= 15 is 0 Å². The van der Waals surface area contributed by atoms with Gasteiger partial charge in [-0.2, -0.15) is 0 Å². The van der Waals surface area contributed by atoms with Crippen LogP contribution in [0.2, 0.25) is 0 Å². The molecule has 3 aliphatic rings. The molecule has 0 unspecified atom stereocenters. The molecule has 2 fully saturated rings. The van der Waals surface area contributed by atoms with Gasteiger partial charge in [0.05, 0.1) is 0 Å². The first-order valence-corrected chi connectivity index (χ1v) is 12.4. The number of piperazine rings is 2. The van der Waals surface area contributed by atoms with E-state index in [0.29, 0.717) is 12.5 Å². The average Bonchev–Trinajstić information content (AvgIpc) is 3.38. The summed E-state index contributed by atoms with van der Waals surface area (Å²) in [4.78, 5) is 18.2. The zero-order valence-electron chi connectivity index (χ0n) is 20.1. The van der Waals surface area contributed by atoms with Crippen LogP contribution in [0.3, 0.4) is 0 Å². The third-order valence-electron chi connectivity index (χ3n) is 7.13. The monoisotopic (exact) mass is 491 g/mol. The predicted octanol–water partition coefficient (Wildman–Crippen LogP) is 2.58. The molecule has 3 aliphatic heterocycles. The Morgan fingerprint density at radius 2 is 1.36 bits per heavy atom. The maximum Gasteiger partial charge on any atom is 0.231 e. The summed E-state index contributed by atoms with van der Waals surface area (Å²) in [6.45, 7) is 7.94. The molecular formula is C26H30FN7O2. The van der Waals surface area contributed by atoms with Crippen molar-refractivity contribution in [3.8, 4) is 11.5 Å². The third-order valence-corrected chi connectivity index (χ3v) is 7.13. The van der Waals surface area contributed by atoms with E-state index in [0.717, 1.165) is 87.7 Å². The maximum absolute atomic E-state index is 13.3. The molecule has 0 atom stereocenters. The molecule has 6 rings (SSSR count). The number of nitrogen functional groups attached to an aromatic ring is 1. The average molecular weight is 492 g/mol. The Morgan fingerprint density at radius 1 is 0.750 bits per heavy atom. The number of halogens is 1. The number of hydrogen-bond donors (Lipinski definition) is 1. The fraction of sp³-hybridized carbons (Fsp3) is 0.385. The van der Waals surface area contributed by atoms with Crippen LogP contribution in [-0.4, -0.2) is 74.0 Å². The lowest BCUT2D eigenvalue weighted by molar-refractivity contribution is 0.174. The van der Waals surface area contributed by atoms with Gasteiger partial charge >= 0.3 is 0 Å². The van der Waals surface area contributed by atoms with E-state index in [1.54, 1.807) is 6.33 Å². The van der Waals surface area contributed by atoms with Crippen LogP contribution in [0, 0.1) is 5.82 Å². The Kier molecular flexibility index (Phi) is 6.10. The molecule has 3 aromatic rings. The molecular weight excluding hydrogens is 461 g/mol. The lowest BCUT2D eigenvalue weighted by atomic mass is 10.1. The molecule has 2 N–H and O–H groups in total. The SMILES string of the molecule is Nc1c(N2CCN(Cc3ccc4c(c3)OCO4)CC2)ncnc1N1CCN(c2ccc(F)cc2)CC1. The summed E-state index contributed by atoms with van der Waals surface area (Å²) in [6, 6.07) is 12.8. The minimum atomic E-state index is -0.215. The molecule has 188 valence electrons. The third kappa shape index (κ3) is 4.56. The van der Waals surface area contributed by atoms with Gasteiger partial charge in [-0.05, 0) is 42.0 Å². The Labute approximate surface area is 209 Å². The van der Waals surface area contributed by atoms with Gasteiger partial charge in [-0.1, -0.05) is 6.07 Å². The second-order valence-electron chi connectivity index (χ2n) is 9.34. The normalized spacial score (nSPS) is 18.1. The number of nitrogens with zero attached hydrogens (tertiary/aromatic N) is 6. The number of benzene rings is 2. The van der Waals surface area contributed by atoms with Crippen LogP contribution in [0.25, 0.3) is 0 Å². The highest BCUT2D eigenvalue weighted by atomic mass is 19.1. The zero-order valence-corrected chi connectivity index (χ0v) is 20.1. The molecule has 0 aliphatic carbocycles. The minimum absolute atomic E-state index is 0.215. The lowest BCUT2D eigenvalue weighted by Gasteiger charge is -2.38. The predicted molar refractivity (Wildman–Crippen MR) is 137 cm³/mol. The minimum Gasteiger partial charge on any atom is -0.454 e. The number of ether oxygens (including phenoxy) is 2. The molecule has 1 aromatic heterocycles. The van der Waals surface area contributed by atoms with Gasteiger partial charge in [0.15, 0.2) is 23.1 Å². The van der Waals surface area contributed by atoms with Crippen LogP contribution in [-0.2, 0) is 6.54 Å². The topological polar surface area (TPSA) is 83.2 Å². The van der Waals surface area contributed by atoms with E-state index in [1.807, 2.05) is 18.2 Å². The number of rotatable bonds is 5. The Balaban J connectivity index is 1.07. The lowest BCUT2D eigenvalue weighted by Crippen LogP contribution is -2.48. The van der Waals surface area contributed by atoms with Gasteiger partial charge in [0.25, 0.3) is 0 Å². The molecule has 0 radical (unpaired) electrons. The fourth-order valence-electron chi connectivity index (χ4n) is 5.12. The molecule has 36 heavy (non-hydrogen) atoms. The van der Waals surface area contributed by atoms with Crippen molar-refractivity contribution in [3.63, 3.8) is 0 Å². The molecule has 2 aromatic carbocycles. The fourth-order valence-corrected chi connectivity index (χ4v) is 5.12. The van der Waals surface area contributed by atoms with E-state index in [-0.39, 0.29) is 5.82 Å². The van der Waals surface area contributed by atoms with Crippen molar-refractivity contribution in [1.82, 2.24) is 14.9 Å². The van der Waals surface area contributed by atoms with Crippen molar-refractivity contribution in [2.75, 3.05) is 79.6 Å². The number of hydrogen-bond acceptors (Lipinski definition) is 9. The summed E-state index contributed by atoms with van der Waals surface area (Å²) in [5, 5.41) is 0. The Morgan fingerprint density at radius 3 is 2.06 bits per heavy atom. The van der Waals surface area contributed by atoms with Gasteiger partial charge in [-0.15, -0.1) is 0 Å². The summed E-state index contributed by atoms with van der Waals surface area (Å²) in [7, 11) is 0. The number of fused-ring (bicyclic) bond motifs is 1. The molecule has 4 heterocycles. The second-order valence-corrected chi connectivity index (χ2v) is 9.34. The Hall–Kier alpha value is -3.79. The summed E-state index contributed by atoms with van der Waals surface area (Å²) in [5.74, 6) is 3.03. The van der Waals surface area contributed by atoms with Crippen molar-refractivity contribution >= 4 is 23.0 Å². The van der Waals surface area contributed by atoms with Gasteiger partial charge < -0.3 is 29.9 Å². The van der Waals surface area contributed by atoms with E-state index in [4.69, 9.17) is 15.2 Å². The van der Waals surface area contributed by atoms with Gasteiger partial charge in [0.2, 0.25) is 6.79 Å². The smallest absolute Gasteiger partial charge is 0.231 e. The van der Waals surface area contributed by atoms with E-state index in [2.05, 4.69) is 41.7 Å². The maximum atomic E-state index is 13.3. The molecule has 0 bridgehead atoms. The van der Waals surface area contributed by atoms with Crippen molar-refractivity contribution < 1.29 is 13.9 Å². The highest BCUT2D eigenvalue weighted by Gasteiger charge is 2.25. The van der Waals surface area contributed by atoms with Crippen LogP contribution in [0.1, 0.15) is 5.56 Å². The van der Waals surface area contributed by atoms with Crippen LogP contribution in [0.4, 0.5) is 27.4 Å². The summed E-state index contributed by atoms with van der Waals surface area (Å²) in [6.07, 6.45) is 1.62. The van der Waals surface area contributed by atoms with Crippen LogP contribution in [0.5, 0.6) is 11.5 Å². The summed E-state index contributed by atoms with van der Waals surface area (Å²) >= 11 is 0. The first-order chi connectivity index (χ1) is 17.6. The van der Waals surface area contributed by atoms with Crippen LogP contribution >= 0.6 is 0 Å². The number of anilines is 4. The van der Waals surface area contributed by atoms with Gasteiger partial charge in [0, 0.05) is 64.6 Å².